The summed E-state index contributed by atoms with van der Waals surface area (Å²) in [6.07, 6.45) is 1.39. The molecule has 4 nitrogen and oxygen atoms in total. The number of benzene rings is 1. The fraction of sp³-hybridized carbons (Fsp3) is 0.429. The number of hydrogen-bond acceptors (Lipinski definition) is 2. The van der Waals surface area contributed by atoms with E-state index in [9.17, 15) is 9.59 Å². The van der Waals surface area contributed by atoms with Crippen molar-refractivity contribution in [2.45, 2.75) is 25.8 Å². The fourth-order valence-corrected chi connectivity index (χ4v) is 2.34. The van der Waals surface area contributed by atoms with Crippen molar-refractivity contribution >= 4 is 11.9 Å². The Hall–Kier alpha value is -1.84. The van der Waals surface area contributed by atoms with Gasteiger partial charge in [0, 0.05) is 18.2 Å². The molecule has 18 heavy (non-hydrogen) atoms. The van der Waals surface area contributed by atoms with Gasteiger partial charge in [0.25, 0.3) is 5.91 Å². The molecule has 1 heterocycles. The van der Waals surface area contributed by atoms with E-state index in [0.29, 0.717) is 18.5 Å². The number of carboxylic acid groups (broad SMARTS) is 1. The Labute approximate surface area is 106 Å². The Morgan fingerprint density at radius 1 is 1.22 bits per heavy atom. The number of nitrogens with zero attached hydrogens (tertiary/aromatic N) is 1. The zero-order valence-corrected chi connectivity index (χ0v) is 10.4. The van der Waals surface area contributed by atoms with Gasteiger partial charge in [-0.2, -0.15) is 0 Å². The Balaban J connectivity index is 2.15. The summed E-state index contributed by atoms with van der Waals surface area (Å²) in [6, 6.07) is 9.12. The maximum Gasteiger partial charge on any atom is 0.308 e. The molecule has 1 amide bonds. The largest absolute Gasteiger partial charge is 0.481 e. The highest BCUT2D eigenvalue weighted by Gasteiger charge is 2.32. The Morgan fingerprint density at radius 3 is 2.50 bits per heavy atom. The van der Waals surface area contributed by atoms with Gasteiger partial charge in [-0.3, -0.25) is 9.59 Å². The molecule has 0 aromatic heterocycles. The minimum Gasteiger partial charge on any atom is -0.481 e. The molecule has 2 unspecified atom stereocenters. The number of aliphatic carboxylic acids is 1. The van der Waals surface area contributed by atoms with Gasteiger partial charge in [-0.15, -0.1) is 0 Å². The van der Waals surface area contributed by atoms with Gasteiger partial charge >= 0.3 is 5.97 Å². The smallest absolute Gasteiger partial charge is 0.308 e. The zero-order valence-electron chi connectivity index (χ0n) is 10.4. The predicted octanol–water partition coefficient (Wildman–Crippen LogP) is 2.01. The molecule has 4 heteroatoms. The fourth-order valence-electron chi connectivity index (χ4n) is 2.34. The first-order valence-electron chi connectivity index (χ1n) is 6.18. The van der Waals surface area contributed by atoms with E-state index in [1.165, 1.54) is 0 Å². The van der Waals surface area contributed by atoms with Gasteiger partial charge in [0.2, 0.25) is 0 Å². The van der Waals surface area contributed by atoms with Crippen molar-refractivity contribution in [1.29, 1.82) is 0 Å². The predicted molar refractivity (Wildman–Crippen MR) is 67.3 cm³/mol. The molecule has 1 aromatic carbocycles. The summed E-state index contributed by atoms with van der Waals surface area (Å²) in [5, 5.41) is 9.06. The molecule has 1 aliphatic rings. The van der Waals surface area contributed by atoms with Crippen LogP contribution in [0.4, 0.5) is 0 Å². The van der Waals surface area contributed by atoms with Crippen molar-refractivity contribution < 1.29 is 14.7 Å². The second kappa shape index (κ2) is 5.21. The summed E-state index contributed by atoms with van der Waals surface area (Å²) in [7, 11) is 0. The first-order chi connectivity index (χ1) is 8.59. The monoisotopic (exact) mass is 247 g/mol. The van der Waals surface area contributed by atoms with Gasteiger partial charge in [0.1, 0.15) is 0 Å². The molecule has 2 rings (SSSR count). The molecule has 0 aliphatic carbocycles. The molecule has 0 radical (unpaired) electrons. The SMILES string of the molecule is CC1CCC(C(=O)O)CN1C(=O)c1ccccc1. The third kappa shape index (κ3) is 2.53. The van der Waals surface area contributed by atoms with E-state index in [-0.39, 0.29) is 11.9 Å². The summed E-state index contributed by atoms with van der Waals surface area (Å²) in [5.74, 6) is -1.32. The number of likely N-dealkylation sites (tertiary alicyclic amines) is 1. The number of rotatable bonds is 2. The van der Waals surface area contributed by atoms with E-state index in [1.807, 2.05) is 25.1 Å². The zero-order chi connectivity index (χ0) is 13.1. The van der Waals surface area contributed by atoms with E-state index < -0.39 is 11.9 Å². The van der Waals surface area contributed by atoms with Crippen LogP contribution in [0.15, 0.2) is 30.3 Å². The van der Waals surface area contributed by atoms with E-state index in [1.54, 1.807) is 17.0 Å². The number of carbonyl (C=O) groups excluding carboxylic acids is 1. The molecule has 1 aliphatic heterocycles. The molecule has 0 bridgehead atoms. The van der Waals surface area contributed by atoms with Crippen molar-refractivity contribution in [3.05, 3.63) is 35.9 Å². The molecule has 0 spiro atoms. The Kier molecular flexibility index (Phi) is 3.65. The van der Waals surface area contributed by atoms with Crippen molar-refractivity contribution in [1.82, 2.24) is 4.90 Å². The van der Waals surface area contributed by atoms with Crippen LogP contribution >= 0.6 is 0 Å². The van der Waals surface area contributed by atoms with Crippen LogP contribution in [0, 0.1) is 5.92 Å². The normalized spacial score (nSPS) is 23.7. The van der Waals surface area contributed by atoms with E-state index in [2.05, 4.69) is 0 Å². The minimum atomic E-state index is -0.812. The Bertz CT molecular complexity index is 444. The second-order valence-electron chi connectivity index (χ2n) is 4.79. The van der Waals surface area contributed by atoms with E-state index in [4.69, 9.17) is 5.11 Å². The van der Waals surface area contributed by atoms with Crippen LogP contribution in [0.5, 0.6) is 0 Å². The van der Waals surface area contributed by atoms with Crippen LogP contribution in [-0.4, -0.2) is 34.5 Å². The lowest BCUT2D eigenvalue weighted by molar-refractivity contribution is -0.143. The van der Waals surface area contributed by atoms with Crippen LogP contribution in [0.3, 0.4) is 0 Å². The standard InChI is InChI=1S/C14H17NO3/c1-10-7-8-12(14(17)18)9-15(10)13(16)11-5-3-2-4-6-11/h2-6,10,12H,7-9H2,1H3,(H,17,18). The highest BCUT2D eigenvalue weighted by molar-refractivity contribution is 5.94. The van der Waals surface area contributed by atoms with Crippen molar-refractivity contribution in [2.75, 3.05) is 6.54 Å². The van der Waals surface area contributed by atoms with Gasteiger partial charge in [0.15, 0.2) is 0 Å². The maximum atomic E-state index is 12.3. The highest BCUT2D eigenvalue weighted by Crippen LogP contribution is 2.23. The lowest BCUT2D eigenvalue weighted by atomic mass is 9.93. The van der Waals surface area contributed by atoms with Crippen LogP contribution in [-0.2, 0) is 4.79 Å². The number of piperidine rings is 1. The number of carboxylic acids is 1. The molecule has 1 aromatic rings. The lowest BCUT2D eigenvalue weighted by Crippen LogP contribution is -2.47. The third-order valence-corrected chi connectivity index (χ3v) is 3.51. The lowest BCUT2D eigenvalue weighted by Gasteiger charge is -2.36. The number of amides is 1. The van der Waals surface area contributed by atoms with Crippen molar-refractivity contribution in [2.24, 2.45) is 5.92 Å². The van der Waals surface area contributed by atoms with Gasteiger partial charge in [-0.25, -0.2) is 0 Å². The third-order valence-electron chi connectivity index (χ3n) is 3.51. The Morgan fingerprint density at radius 2 is 1.89 bits per heavy atom. The van der Waals surface area contributed by atoms with Crippen LogP contribution < -0.4 is 0 Å². The first-order valence-corrected chi connectivity index (χ1v) is 6.18. The van der Waals surface area contributed by atoms with Gasteiger partial charge in [-0.05, 0) is 31.9 Å². The molecule has 0 saturated carbocycles. The molecule has 1 N–H and O–H groups in total. The number of carbonyl (C=O) groups is 2. The molecule has 1 fully saturated rings. The van der Waals surface area contributed by atoms with Crippen LogP contribution in [0.1, 0.15) is 30.1 Å². The average molecular weight is 247 g/mol. The summed E-state index contributed by atoms with van der Waals surface area (Å²) < 4.78 is 0. The number of hydrogen-bond donors (Lipinski definition) is 1. The van der Waals surface area contributed by atoms with Gasteiger partial charge in [-0.1, -0.05) is 18.2 Å². The van der Waals surface area contributed by atoms with E-state index >= 15 is 0 Å². The first kappa shape index (κ1) is 12.6. The van der Waals surface area contributed by atoms with Crippen molar-refractivity contribution in [3.63, 3.8) is 0 Å². The average Bonchev–Trinajstić information content (AvgIpc) is 2.39. The second-order valence-corrected chi connectivity index (χ2v) is 4.79. The quantitative estimate of drug-likeness (QED) is 0.869. The molecular formula is C14H17NO3. The van der Waals surface area contributed by atoms with Crippen LogP contribution in [0.2, 0.25) is 0 Å². The highest BCUT2D eigenvalue weighted by atomic mass is 16.4. The molecule has 1 saturated heterocycles. The molecular weight excluding hydrogens is 230 g/mol. The molecule has 2 atom stereocenters. The molecule has 96 valence electrons. The van der Waals surface area contributed by atoms with Crippen LogP contribution in [0.25, 0.3) is 0 Å². The summed E-state index contributed by atoms with van der Waals surface area (Å²) >= 11 is 0. The van der Waals surface area contributed by atoms with E-state index in [0.717, 1.165) is 6.42 Å². The topological polar surface area (TPSA) is 57.6 Å². The van der Waals surface area contributed by atoms with Crippen molar-refractivity contribution in [3.8, 4) is 0 Å². The summed E-state index contributed by atoms with van der Waals surface area (Å²) in [5.41, 5.74) is 0.621. The van der Waals surface area contributed by atoms with Gasteiger partial charge in [0.05, 0.1) is 5.92 Å². The minimum absolute atomic E-state index is 0.0750. The summed E-state index contributed by atoms with van der Waals surface area (Å²) in [4.78, 5) is 25.0. The van der Waals surface area contributed by atoms with Gasteiger partial charge < -0.3 is 10.0 Å². The summed E-state index contributed by atoms with van der Waals surface area (Å²) in [6.45, 7) is 2.28. The maximum absolute atomic E-state index is 12.3.